The van der Waals surface area contributed by atoms with Crippen molar-refractivity contribution in [2.24, 2.45) is 11.7 Å². The first kappa shape index (κ1) is 11.4. The van der Waals surface area contributed by atoms with Gasteiger partial charge in [-0.05, 0) is 26.3 Å². The van der Waals surface area contributed by atoms with Gasteiger partial charge in [0.2, 0.25) is 0 Å². The number of piperazine rings is 1. The Bertz CT molecular complexity index is 203. The van der Waals surface area contributed by atoms with E-state index in [-0.39, 0.29) is 0 Å². The molecule has 15 heavy (non-hydrogen) atoms. The molecule has 1 saturated heterocycles. The molecule has 88 valence electrons. The van der Waals surface area contributed by atoms with Gasteiger partial charge in [0.25, 0.3) is 0 Å². The molecule has 2 unspecified atom stereocenters. The molecule has 2 N–H and O–H groups in total. The molecule has 1 aliphatic heterocycles. The van der Waals surface area contributed by atoms with Crippen molar-refractivity contribution in [2.45, 2.75) is 38.3 Å². The summed E-state index contributed by atoms with van der Waals surface area (Å²) in [6.07, 6.45) is 4.32. The summed E-state index contributed by atoms with van der Waals surface area (Å²) in [7, 11) is 2.20. The second-order valence-electron chi connectivity index (χ2n) is 5.42. The molecule has 0 spiro atoms. The van der Waals surface area contributed by atoms with Crippen LogP contribution >= 0.6 is 0 Å². The van der Waals surface area contributed by atoms with Crippen molar-refractivity contribution in [3.63, 3.8) is 0 Å². The van der Waals surface area contributed by atoms with Crippen molar-refractivity contribution in [2.75, 3.05) is 33.2 Å². The van der Waals surface area contributed by atoms with E-state index in [1.165, 1.54) is 32.4 Å². The van der Waals surface area contributed by atoms with Gasteiger partial charge in [-0.2, -0.15) is 0 Å². The second-order valence-corrected chi connectivity index (χ2v) is 5.42. The average Bonchev–Trinajstić information content (AvgIpc) is 3.01. The molecule has 2 atom stereocenters. The summed E-state index contributed by atoms with van der Waals surface area (Å²) in [5.41, 5.74) is 5.87. The number of nitrogens with two attached hydrogens (primary N) is 1. The van der Waals surface area contributed by atoms with Crippen LogP contribution in [0.2, 0.25) is 0 Å². The zero-order valence-electron chi connectivity index (χ0n) is 10.2. The molecule has 3 heteroatoms. The summed E-state index contributed by atoms with van der Waals surface area (Å²) in [4.78, 5) is 5.04. The number of hydrogen-bond acceptors (Lipinski definition) is 3. The van der Waals surface area contributed by atoms with E-state index >= 15 is 0 Å². The lowest BCUT2D eigenvalue weighted by atomic mass is 10.1. The van der Waals surface area contributed by atoms with Gasteiger partial charge in [-0.1, -0.05) is 12.8 Å². The van der Waals surface area contributed by atoms with Crippen LogP contribution in [-0.4, -0.2) is 55.1 Å². The van der Waals surface area contributed by atoms with Gasteiger partial charge in [-0.25, -0.2) is 0 Å². The second kappa shape index (κ2) is 4.81. The van der Waals surface area contributed by atoms with Crippen LogP contribution < -0.4 is 5.73 Å². The Morgan fingerprint density at radius 2 is 2.07 bits per heavy atom. The normalized spacial score (nSPS) is 31.8. The van der Waals surface area contributed by atoms with Crippen LogP contribution in [0.5, 0.6) is 0 Å². The highest BCUT2D eigenvalue weighted by Gasteiger charge is 2.31. The summed E-state index contributed by atoms with van der Waals surface area (Å²) in [6, 6.07) is 1.32. The molecular weight excluding hydrogens is 186 g/mol. The Morgan fingerprint density at radius 1 is 1.33 bits per heavy atom. The molecule has 0 aromatic heterocycles. The Hall–Kier alpha value is -0.120. The summed E-state index contributed by atoms with van der Waals surface area (Å²) in [5.74, 6) is 1.03. The third-order valence-electron chi connectivity index (χ3n) is 3.94. The number of likely N-dealkylation sites (N-methyl/N-ethyl adjacent to an activating group) is 1. The van der Waals surface area contributed by atoms with Crippen molar-refractivity contribution in [1.29, 1.82) is 0 Å². The van der Waals surface area contributed by atoms with E-state index in [1.807, 2.05) is 0 Å². The smallest absolute Gasteiger partial charge is 0.0348 e. The lowest BCUT2D eigenvalue weighted by Gasteiger charge is -2.43. The summed E-state index contributed by atoms with van der Waals surface area (Å²) < 4.78 is 0. The van der Waals surface area contributed by atoms with Gasteiger partial charge in [-0.15, -0.1) is 0 Å². The summed E-state index contributed by atoms with van der Waals surface area (Å²) in [5, 5.41) is 0. The van der Waals surface area contributed by atoms with Crippen molar-refractivity contribution >= 4 is 0 Å². The maximum absolute atomic E-state index is 5.87. The zero-order valence-corrected chi connectivity index (χ0v) is 10.2. The standard InChI is InChI=1S/C12H25N3/c1-10(7-11-3-4-11)15-6-5-14(2)9-12(15)8-13/h10-12H,3-9,13H2,1-2H3. The first-order chi connectivity index (χ1) is 7.20. The van der Waals surface area contributed by atoms with E-state index in [9.17, 15) is 0 Å². The van der Waals surface area contributed by atoms with Gasteiger partial charge in [0.15, 0.2) is 0 Å². The molecule has 0 amide bonds. The van der Waals surface area contributed by atoms with Crippen molar-refractivity contribution in [1.82, 2.24) is 9.80 Å². The minimum Gasteiger partial charge on any atom is -0.329 e. The van der Waals surface area contributed by atoms with E-state index in [4.69, 9.17) is 5.73 Å². The zero-order chi connectivity index (χ0) is 10.8. The number of nitrogens with zero attached hydrogens (tertiary/aromatic N) is 2. The maximum Gasteiger partial charge on any atom is 0.0348 e. The van der Waals surface area contributed by atoms with Gasteiger partial charge >= 0.3 is 0 Å². The SMILES string of the molecule is CC(CC1CC1)N1CCN(C)CC1CN. The lowest BCUT2D eigenvalue weighted by molar-refractivity contribution is 0.0573. The highest BCUT2D eigenvalue weighted by Crippen LogP contribution is 2.35. The molecule has 0 aromatic rings. The van der Waals surface area contributed by atoms with Crippen LogP contribution in [0.25, 0.3) is 0 Å². The van der Waals surface area contributed by atoms with E-state index in [2.05, 4.69) is 23.8 Å². The molecule has 0 radical (unpaired) electrons. The molecule has 2 aliphatic rings. The number of hydrogen-bond donors (Lipinski definition) is 1. The predicted molar refractivity (Wildman–Crippen MR) is 63.8 cm³/mol. The molecule has 2 fully saturated rings. The van der Waals surface area contributed by atoms with E-state index in [0.29, 0.717) is 6.04 Å². The highest BCUT2D eigenvalue weighted by atomic mass is 15.3. The first-order valence-electron chi connectivity index (χ1n) is 6.35. The monoisotopic (exact) mass is 211 g/mol. The van der Waals surface area contributed by atoms with Crippen LogP contribution in [0, 0.1) is 5.92 Å². The van der Waals surface area contributed by atoms with Crippen LogP contribution in [0.3, 0.4) is 0 Å². The van der Waals surface area contributed by atoms with Crippen molar-refractivity contribution < 1.29 is 0 Å². The molecule has 3 nitrogen and oxygen atoms in total. The Morgan fingerprint density at radius 3 is 2.67 bits per heavy atom. The average molecular weight is 211 g/mol. The summed E-state index contributed by atoms with van der Waals surface area (Å²) >= 11 is 0. The van der Waals surface area contributed by atoms with E-state index in [1.54, 1.807) is 0 Å². The highest BCUT2D eigenvalue weighted by molar-refractivity contribution is 4.87. The van der Waals surface area contributed by atoms with E-state index < -0.39 is 0 Å². The van der Waals surface area contributed by atoms with Crippen LogP contribution in [0.15, 0.2) is 0 Å². The van der Waals surface area contributed by atoms with Gasteiger partial charge in [0, 0.05) is 38.3 Å². The van der Waals surface area contributed by atoms with Crippen LogP contribution in [0.4, 0.5) is 0 Å². The van der Waals surface area contributed by atoms with Crippen LogP contribution in [-0.2, 0) is 0 Å². The van der Waals surface area contributed by atoms with Gasteiger partial charge in [0.1, 0.15) is 0 Å². The molecule has 0 aromatic carbocycles. The fourth-order valence-corrected chi connectivity index (χ4v) is 2.79. The Balaban J connectivity index is 1.87. The fraction of sp³-hybridized carbons (Fsp3) is 1.00. The Kier molecular flexibility index (Phi) is 3.65. The van der Waals surface area contributed by atoms with Gasteiger partial charge < -0.3 is 10.6 Å². The molecular formula is C12H25N3. The largest absolute Gasteiger partial charge is 0.329 e. The fourth-order valence-electron chi connectivity index (χ4n) is 2.79. The van der Waals surface area contributed by atoms with Crippen molar-refractivity contribution in [3.8, 4) is 0 Å². The third-order valence-corrected chi connectivity index (χ3v) is 3.94. The third kappa shape index (κ3) is 2.92. The quantitative estimate of drug-likeness (QED) is 0.745. The van der Waals surface area contributed by atoms with Gasteiger partial charge in [0.05, 0.1) is 0 Å². The first-order valence-corrected chi connectivity index (χ1v) is 6.35. The van der Waals surface area contributed by atoms with E-state index in [0.717, 1.165) is 25.0 Å². The minimum atomic E-state index is 0.581. The van der Waals surface area contributed by atoms with Crippen molar-refractivity contribution in [3.05, 3.63) is 0 Å². The molecule has 0 bridgehead atoms. The molecule has 2 rings (SSSR count). The topological polar surface area (TPSA) is 32.5 Å². The maximum atomic E-state index is 5.87. The summed E-state index contributed by atoms with van der Waals surface area (Å²) in [6.45, 7) is 6.73. The van der Waals surface area contributed by atoms with Crippen LogP contribution in [0.1, 0.15) is 26.2 Å². The molecule has 1 saturated carbocycles. The molecule has 1 aliphatic carbocycles. The predicted octanol–water partition coefficient (Wildman–Crippen LogP) is 0.750. The molecule has 1 heterocycles. The minimum absolute atomic E-state index is 0.581. The Labute approximate surface area is 93.6 Å². The number of rotatable bonds is 4. The van der Waals surface area contributed by atoms with Gasteiger partial charge in [-0.3, -0.25) is 4.90 Å². The lowest BCUT2D eigenvalue weighted by Crippen LogP contribution is -2.57.